The first-order valence-electron chi connectivity index (χ1n) is 9.50. The van der Waals surface area contributed by atoms with Crippen molar-refractivity contribution in [2.75, 3.05) is 17.2 Å². The van der Waals surface area contributed by atoms with Crippen LogP contribution in [0.1, 0.15) is 40.3 Å². The summed E-state index contributed by atoms with van der Waals surface area (Å²) in [7, 11) is 0. The molecule has 0 aliphatic rings. The molecule has 29 heavy (non-hydrogen) atoms. The number of amides is 1. The second-order valence-corrected chi connectivity index (χ2v) is 6.32. The summed E-state index contributed by atoms with van der Waals surface area (Å²) in [6, 6.07) is 18.1. The van der Waals surface area contributed by atoms with Crippen molar-refractivity contribution >= 4 is 28.9 Å². The van der Waals surface area contributed by atoms with Crippen LogP contribution in [0.5, 0.6) is 0 Å². The van der Waals surface area contributed by atoms with E-state index in [4.69, 9.17) is 4.74 Å². The van der Waals surface area contributed by atoms with Crippen LogP contribution in [0.15, 0.2) is 66.9 Å². The van der Waals surface area contributed by atoms with Crippen molar-refractivity contribution < 1.29 is 14.3 Å². The van der Waals surface area contributed by atoms with Crippen LogP contribution >= 0.6 is 0 Å². The Morgan fingerprint density at radius 3 is 2.31 bits per heavy atom. The molecule has 1 aromatic heterocycles. The third-order valence-corrected chi connectivity index (χ3v) is 4.33. The molecule has 3 aromatic rings. The Kier molecular flexibility index (Phi) is 6.58. The second-order valence-electron chi connectivity index (χ2n) is 6.32. The zero-order valence-electron chi connectivity index (χ0n) is 16.4. The minimum atomic E-state index is -0.347. The van der Waals surface area contributed by atoms with Gasteiger partial charge in [-0.2, -0.15) is 0 Å². The molecule has 0 bridgehead atoms. The van der Waals surface area contributed by atoms with E-state index in [1.165, 1.54) is 0 Å². The number of hydrogen-bond acceptors (Lipinski definition) is 5. The third-order valence-electron chi connectivity index (χ3n) is 4.33. The number of aryl methyl sites for hydroxylation is 1. The first kappa shape index (κ1) is 20.1. The number of aromatic nitrogens is 1. The molecule has 0 saturated heterocycles. The van der Waals surface area contributed by atoms with Crippen molar-refractivity contribution in [3.05, 3.63) is 83.7 Å². The van der Waals surface area contributed by atoms with Gasteiger partial charge in [0.05, 0.1) is 24.1 Å². The topological polar surface area (TPSA) is 80.3 Å². The van der Waals surface area contributed by atoms with Crippen LogP contribution in [-0.2, 0) is 11.2 Å². The van der Waals surface area contributed by atoms with E-state index in [2.05, 4.69) is 15.6 Å². The zero-order chi connectivity index (χ0) is 20.6. The summed E-state index contributed by atoms with van der Waals surface area (Å²) < 4.78 is 4.97. The molecular weight excluding hydrogens is 366 g/mol. The fraction of sp³-hybridized carbons (Fsp3) is 0.174. The lowest BCUT2D eigenvalue weighted by Gasteiger charge is -2.10. The molecule has 3 rings (SSSR count). The lowest BCUT2D eigenvalue weighted by atomic mass is 10.1. The summed E-state index contributed by atoms with van der Waals surface area (Å²) in [5, 5.41) is 6.10. The van der Waals surface area contributed by atoms with Gasteiger partial charge < -0.3 is 15.4 Å². The Morgan fingerprint density at radius 1 is 0.931 bits per heavy atom. The van der Waals surface area contributed by atoms with E-state index in [9.17, 15) is 9.59 Å². The summed E-state index contributed by atoms with van der Waals surface area (Å²) >= 11 is 0. The van der Waals surface area contributed by atoms with E-state index >= 15 is 0 Å². The summed E-state index contributed by atoms with van der Waals surface area (Å²) in [5.41, 5.74) is 4.23. The molecule has 0 saturated carbocycles. The average molecular weight is 389 g/mol. The van der Waals surface area contributed by atoms with Gasteiger partial charge in [0.1, 0.15) is 5.69 Å². The van der Waals surface area contributed by atoms with Crippen molar-refractivity contribution in [1.29, 1.82) is 0 Å². The Hall–Kier alpha value is -3.67. The Balaban J connectivity index is 1.64. The molecule has 0 aliphatic carbocycles. The van der Waals surface area contributed by atoms with Crippen LogP contribution < -0.4 is 10.6 Å². The number of benzene rings is 2. The maximum absolute atomic E-state index is 12.5. The molecule has 0 radical (unpaired) electrons. The largest absolute Gasteiger partial charge is 0.462 e. The number of carbonyl (C=O) groups excluding carboxylic acids is 2. The van der Waals surface area contributed by atoms with Crippen LogP contribution in [0.4, 0.5) is 17.1 Å². The Morgan fingerprint density at radius 2 is 1.66 bits per heavy atom. The number of anilines is 3. The van der Waals surface area contributed by atoms with Crippen molar-refractivity contribution in [1.82, 2.24) is 4.98 Å². The molecule has 1 heterocycles. The number of nitrogens with zero attached hydrogens (tertiary/aromatic N) is 1. The lowest BCUT2D eigenvalue weighted by Crippen LogP contribution is -2.14. The zero-order valence-corrected chi connectivity index (χ0v) is 16.4. The van der Waals surface area contributed by atoms with Gasteiger partial charge in [-0.25, -0.2) is 9.78 Å². The number of hydrogen-bond donors (Lipinski definition) is 2. The molecule has 0 spiro atoms. The number of para-hydroxylation sites is 1. The van der Waals surface area contributed by atoms with Gasteiger partial charge in [-0.1, -0.05) is 25.1 Å². The van der Waals surface area contributed by atoms with Gasteiger partial charge in [0.25, 0.3) is 5.91 Å². The van der Waals surface area contributed by atoms with E-state index in [0.717, 1.165) is 29.0 Å². The molecule has 0 fully saturated rings. The van der Waals surface area contributed by atoms with Crippen LogP contribution in [0, 0.1) is 0 Å². The number of pyridine rings is 1. The van der Waals surface area contributed by atoms with E-state index in [1.54, 1.807) is 49.5 Å². The fourth-order valence-corrected chi connectivity index (χ4v) is 2.81. The summed E-state index contributed by atoms with van der Waals surface area (Å²) in [6.07, 6.45) is 2.43. The molecule has 6 heteroatoms. The molecule has 1 amide bonds. The van der Waals surface area contributed by atoms with Gasteiger partial charge in [0.2, 0.25) is 0 Å². The van der Waals surface area contributed by atoms with E-state index in [0.29, 0.717) is 17.9 Å². The number of esters is 1. The minimum Gasteiger partial charge on any atom is -0.462 e. The normalized spacial score (nSPS) is 10.3. The molecule has 0 unspecified atom stereocenters. The van der Waals surface area contributed by atoms with Crippen LogP contribution in [-0.4, -0.2) is 23.5 Å². The first-order chi connectivity index (χ1) is 14.1. The summed E-state index contributed by atoms with van der Waals surface area (Å²) in [6.45, 7) is 4.16. The van der Waals surface area contributed by atoms with Crippen molar-refractivity contribution in [3.8, 4) is 0 Å². The first-order valence-corrected chi connectivity index (χ1v) is 9.50. The van der Waals surface area contributed by atoms with Crippen molar-refractivity contribution in [2.45, 2.75) is 20.3 Å². The number of rotatable bonds is 7. The molecule has 6 nitrogen and oxygen atoms in total. The maximum atomic E-state index is 12.5. The predicted octanol–water partition coefficient (Wildman–Crippen LogP) is 4.82. The summed E-state index contributed by atoms with van der Waals surface area (Å²) in [5.74, 6) is -0.600. The smallest absolute Gasteiger partial charge is 0.338 e. The SMILES string of the molecule is CCOC(=O)c1ccc(Nc2ccc(C(=O)Nc3ccccc3CC)nc2)cc1. The van der Waals surface area contributed by atoms with E-state index in [-0.39, 0.29) is 11.9 Å². The van der Waals surface area contributed by atoms with Gasteiger partial charge >= 0.3 is 5.97 Å². The van der Waals surface area contributed by atoms with Crippen molar-refractivity contribution in [2.24, 2.45) is 0 Å². The quantitative estimate of drug-likeness (QED) is 0.567. The number of nitrogens with one attached hydrogen (secondary N) is 2. The lowest BCUT2D eigenvalue weighted by molar-refractivity contribution is 0.0526. The Labute approximate surface area is 169 Å². The molecule has 148 valence electrons. The van der Waals surface area contributed by atoms with Gasteiger partial charge in [-0.15, -0.1) is 0 Å². The average Bonchev–Trinajstić information content (AvgIpc) is 2.75. The van der Waals surface area contributed by atoms with E-state index in [1.807, 2.05) is 31.2 Å². The number of carbonyl (C=O) groups is 2. The molecule has 0 aliphatic heterocycles. The Bertz CT molecular complexity index is 983. The highest BCUT2D eigenvalue weighted by atomic mass is 16.5. The van der Waals surface area contributed by atoms with Crippen LogP contribution in [0.3, 0.4) is 0 Å². The van der Waals surface area contributed by atoms with Gasteiger partial charge in [0, 0.05) is 11.4 Å². The van der Waals surface area contributed by atoms with Gasteiger partial charge in [-0.3, -0.25) is 4.79 Å². The van der Waals surface area contributed by atoms with Crippen LogP contribution in [0.25, 0.3) is 0 Å². The minimum absolute atomic E-state index is 0.253. The van der Waals surface area contributed by atoms with Gasteiger partial charge in [0.15, 0.2) is 0 Å². The highest BCUT2D eigenvalue weighted by molar-refractivity contribution is 6.03. The van der Waals surface area contributed by atoms with Crippen LogP contribution in [0.2, 0.25) is 0 Å². The van der Waals surface area contributed by atoms with E-state index < -0.39 is 0 Å². The third kappa shape index (κ3) is 5.19. The molecular formula is C23H23N3O3. The van der Waals surface area contributed by atoms with Crippen molar-refractivity contribution in [3.63, 3.8) is 0 Å². The highest BCUT2D eigenvalue weighted by Gasteiger charge is 2.10. The predicted molar refractivity (Wildman–Crippen MR) is 114 cm³/mol. The highest BCUT2D eigenvalue weighted by Crippen LogP contribution is 2.19. The molecule has 2 aromatic carbocycles. The number of ether oxygens (including phenoxy) is 1. The standard InChI is InChI=1S/C23H23N3O3/c1-3-16-7-5-6-8-20(16)26-22(27)21-14-13-19(15-24-21)25-18-11-9-17(10-12-18)23(28)29-4-2/h5-15,25H,3-4H2,1-2H3,(H,26,27). The molecule has 2 N–H and O–H groups in total. The maximum Gasteiger partial charge on any atom is 0.338 e. The monoisotopic (exact) mass is 389 g/mol. The summed E-state index contributed by atoms with van der Waals surface area (Å²) in [4.78, 5) is 28.4. The fourth-order valence-electron chi connectivity index (χ4n) is 2.81. The van der Waals surface area contributed by atoms with Gasteiger partial charge in [-0.05, 0) is 61.4 Å². The molecule has 0 atom stereocenters. The second kappa shape index (κ2) is 9.50.